The van der Waals surface area contributed by atoms with Gasteiger partial charge in [-0.15, -0.1) is 0 Å². The van der Waals surface area contributed by atoms with Gasteiger partial charge in [0.15, 0.2) is 27.1 Å². The molecule has 11 aromatic rings. The van der Waals surface area contributed by atoms with Crippen LogP contribution in [0, 0.1) is 41.2 Å². The molecule has 0 saturated carbocycles. The van der Waals surface area contributed by atoms with Crippen molar-refractivity contribution in [2.75, 3.05) is 25.3 Å². The van der Waals surface area contributed by atoms with Gasteiger partial charge in [0, 0.05) is 51.1 Å². The summed E-state index contributed by atoms with van der Waals surface area (Å²) in [6.07, 6.45) is 13.2. The van der Waals surface area contributed by atoms with Crippen molar-refractivity contribution in [1.82, 2.24) is 71.8 Å². The molecule has 10 aromatic heterocycles. The zero-order valence-electron chi connectivity index (χ0n) is 57.0. The predicted octanol–water partition coefficient (Wildman–Crippen LogP) is 14.6. The van der Waals surface area contributed by atoms with Gasteiger partial charge in [-0.1, -0.05) is 124 Å². The van der Waals surface area contributed by atoms with Crippen molar-refractivity contribution in [3.05, 3.63) is 159 Å². The van der Waals surface area contributed by atoms with Gasteiger partial charge in [0.05, 0.1) is 51.4 Å². The van der Waals surface area contributed by atoms with E-state index in [4.69, 9.17) is 117 Å². The van der Waals surface area contributed by atoms with Crippen LogP contribution >= 0.6 is 142 Å². The largest absolute Gasteiger partial charge is 1.00 e. The molecule has 453 valence electrons. The second-order valence-corrected chi connectivity index (χ2v) is 19.8. The van der Waals surface area contributed by atoms with Gasteiger partial charge < -0.3 is 27.4 Å². The Balaban J connectivity index is 0.00000120. The Morgan fingerprint density at radius 1 is 0.635 bits per heavy atom. The number of nitrogens with two attached hydrogens (primary N) is 1. The zero-order valence-corrected chi connectivity index (χ0v) is 53.0. The zero-order chi connectivity index (χ0) is 71.6. The molecule has 1 aromatic carbocycles. The summed E-state index contributed by atoms with van der Waals surface area (Å²) in [6.45, 7) is -5.62. The molecule has 33 heteroatoms. The Bertz CT molecular complexity index is 4410. The van der Waals surface area contributed by atoms with Crippen molar-refractivity contribution >= 4 is 189 Å². The molecular weight excluding hydrogens is 1450 g/mol. The minimum absolute atomic E-state index is 0. The monoisotopic (exact) mass is 1520 g/mol. The molecule has 1 radical (unpaired) electrons. The van der Waals surface area contributed by atoms with Gasteiger partial charge in [0.25, 0.3) is 0 Å². The molecule has 10 heterocycles. The number of nitrogen functional groups attached to an aromatic ring is 1. The van der Waals surface area contributed by atoms with Crippen LogP contribution in [0.5, 0.6) is 11.5 Å². The Morgan fingerprint density at radius 3 is 1.64 bits per heavy atom. The van der Waals surface area contributed by atoms with E-state index in [1.165, 1.54) is 78.0 Å². The number of rotatable bonds is 6. The summed E-state index contributed by atoms with van der Waals surface area (Å²) in [5, 5.41) is 4.35. The smallest absolute Gasteiger partial charge is 0.343 e. The third-order valence-electron chi connectivity index (χ3n) is 9.88. The number of ether oxygens (including phenoxy) is 2. The molecule has 0 fully saturated rings. The molecule has 0 aliphatic heterocycles. The number of benzene rings is 1. The standard InChI is InChI=1S/C16H16BrClN4O2.C7H4BrCl2N3.C7H6BrClN4.C7H5Cl2N3.C7H6ClN3.C4H9.4CH4.BHNS.Li/c1-9-21-15(17)14-16(20-8-13(18)22(9)14)19-7-10-4-5-11(23-2)6-12(10)24-3;2*1-3-12-6(8)5-7(10)11-2-4(9)13(3)5;1-4-10-2-5-7(9)11-3-6(8)12(4)5;1-5-10-4-6-7(8)9-2-3-11(5)6;1-3-4-2;;;;;1-2-3;/h4-6,8H,7H2,1-3H3,(H,19,20);2H,1H3;2H,1H3,(H2,10,11);2-3H,1H3;2-4H,1H3;1,3-4H2,2H3;4*1H4;3H;/q;;;;;-1;;;;;;+1/i5*1D3;;;;;;;. The van der Waals surface area contributed by atoms with Gasteiger partial charge in [-0.25, -0.2) is 49.8 Å². The molecule has 0 atom stereocenters. The minimum Gasteiger partial charge on any atom is -0.343 e. The van der Waals surface area contributed by atoms with Gasteiger partial charge in [0.1, 0.15) is 103 Å². The van der Waals surface area contributed by atoms with Crippen LogP contribution in [0.1, 0.15) is 105 Å². The van der Waals surface area contributed by atoms with E-state index in [2.05, 4.69) is 142 Å². The van der Waals surface area contributed by atoms with Crippen LogP contribution < -0.4 is 39.4 Å². The van der Waals surface area contributed by atoms with Crippen molar-refractivity contribution in [2.24, 2.45) is 4.30 Å². The van der Waals surface area contributed by atoms with Crippen molar-refractivity contribution in [2.45, 2.75) is 90.3 Å². The van der Waals surface area contributed by atoms with Crippen molar-refractivity contribution in [1.29, 1.82) is 0 Å². The van der Waals surface area contributed by atoms with E-state index >= 15 is 0 Å². The second kappa shape index (κ2) is 38.3. The van der Waals surface area contributed by atoms with Gasteiger partial charge >= 0.3 is 43.6 Å². The Labute approximate surface area is 595 Å². The van der Waals surface area contributed by atoms with Gasteiger partial charge in [-0.05, 0) is 94.2 Å². The van der Waals surface area contributed by atoms with Crippen molar-refractivity contribution < 1.29 is 48.9 Å². The molecule has 0 bridgehead atoms. The van der Waals surface area contributed by atoms with Gasteiger partial charge in [-0.3, -0.25) is 22.0 Å². The maximum atomic E-state index is 7.66. The molecule has 11 rings (SSSR count). The van der Waals surface area contributed by atoms with Crippen LogP contribution in [0.3, 0.4) is 0 Å². The normalized spacial score (nSPS) is 13.2. The SMILES string of the molecule is C.C.C.C.[2H]C([2H])([2H])c1nc(Br)c2c(Cl)ncc(Cl)n12.[2H]C([2H])([2H])c1nc(Br)c2c(N)ncc(Cl)n12.[2H]C([2H])([2H])c1nc(Br)c2c(NCc3ccc(OC)cc3OC)ncc(Cl)n12.[2H]C([2H])([2H])c1ncc2c(Cl)ncc(Cl)n12.[2H]C([2H])([2H])c1ncc2c(Cl)nccn12.[B]=NS.[CH2-]CCC.[Li+]. The fraction of sp³-hybridized carbons (Fsp3) is 0.288. The van der Waals surface area contributed by atoms with Crippen LogP contribution in [0.25, 0.3) is 27.6 Å². The van der Waals surface area contributed by atoms with Crippen LogP contribution in [0.4, 0.5) is 11.6 Å². The van der Waals surface area contributed by atoms with Crippen LogP contribution in [0.15, 0.2) is 85.9 Å². The maximum absolute atomic E-state index is 7.66. The number of methoxy groups -OCH3 is 2. The number of thiol groups is 1. The first-order valence-corrected chi connectivity index (χ1v) is 27.1. The molecule has 0 aliphatic carbocycles. The summed E-state index contributed by atoms with van der Waals surface area (Å²) >= 11 is 53.9. The van der Waals surface area contributed by atoms with E-state index in [1.807, 2.05) is 12.1 Å². The molecule has 3 N–H and O–H groups in total. The Kier molecular flexibility index (Phi) is 25.8. The van der Waals surface area contributed by atoms with Crippen LogP contribution in [-0.4, -0.2) is 93.7 Å². The van der Waals surface area contributed by atoms with Gasteiger partial charge in [0.2, 0.25) is 0 Å². The summed E-state index contributed by atoms with van der Waals surface area (Å²) < 4.78 is 131. The maximum Gasteiger partial charge on any atom is 1.00 e. The average Bonchev–Trinajstić information content (AvgIpc) is 1.62. The summed E-state index contributed by atoms with van der Waals surface area (Å²) in [4.78, 5) is 39.0. The van der Waals surface area contributed by atoms with Crippen molar-refractivity contribution in [3.8, 4) is 11.5 Å². The van der Waals surface area contributed by atoms with Crippen LogP contribution in [0.2, 0.25) is 36.1 Å². The molecule has 20 nitrogen and oxygen atoms in total. The fourth-order valence-electron chi connectivity index (χ4n) is 6.26. The minimum atomic E-state index is -2.42. The summed E-state index contributed by atoms with van der Waals surface area (Å²) in [5.41, 5.74) is 8.55. The number of imidazole rings is 5. The third kappa shape index (κ3) is 20.2. The second-order valence-electron chi connectivity index (χ2n) is 14.7. The number of halogens is 10. The van der Waals surface area contributed by atoms with E-state index in [-0.39, 0.29) is 120 Å². The number of nitrogens with zero attached hydrogens (tertiary/aromatic N) is 16. The number of fused-ring (bicyclic) bond motifs is 5. The number of unbranched alkanes of at least 4 members (excludes halogenated alkanes) is 1. The van der Waals surface area contributed by atoms with E-state index in [0.29, 0.717) is 65.3 Å². The van der Waals surface area contributed by atoms with Crippen LogP contribution in [-0.2, 0) is 6.54 Å². The van der Waals surface area contributed by atoms with Crippen molar-refractivity contribution in [3.63, 3.8) is 0 Å². The summed E-state index contributed by atoms with van der Waals surface area (Å²) in [6, 6.07) is 5.48. The van der Waals surface area contributed by atoms with Gasteiger partial charge in [-0.2, -0.15) is 6.42 Å². The fourth-order valence-corrected chi connectivity index (χ4v) is 9.45. The molecule has 0 aliphatic rings. The third-order valence-corrected chi connectivity index (χ3v) is 13.5. The summed E-state index contributed by atoms with van der Waals surface area (Å²) in [7, 11) is 7.50. The van der Waals surface area contributed by atoms with E-state index < -0.39 is 34.3 Å². The first-order valence-electron chi connectivity index (χ1n) is 29.2. The van der Waals surface area contributed by atoms with E-state index in [0.717, 1.165) is 12.0 Å². The number of hydrogen-bond acceptors (Lipinski definition) is 16. The Morgan fingerprint density at radius 2 is 1.09 bits per heavy atom. The number of nitrogens with one attached hydrogen (secondary N) is 1. The number of anilines is 2. The molecular formula is C52H63BBr3Cl7LiN18O2S. The topological polar surface area (TPSA) is 220 Å². The number of aryl methyl sites for hydroxylation is 5. The first kappa shape index (κ1) is 57.3. The van der Waals surface area contributed by atoms with E-state index in [9.17, 15) is 0 Å². The first-order chi connectivity index (χ1) is 44.1. The molecule has 0 amide bonds. The molecule has 0 saturated heterocycles. The van der Waals surface area contributed by atoms with E-state index in [1.54, 1.807) is 20.3 Å². The average molecular weight is 1520 g/mol. The molecule has 0 unspecified atom stereocenters. The predicted molar refractivity (Wildman–Crippen MR) is 362 cm³/mol. The number of hydrogen-bond donors (Lipinski definition) is 3. The molecule has 85 heavy (non-hydrogen) atoms. The quantitative estimate of drug-likeness (QED) is 0.0801. The number of aromatic nitrogens is 15. The Hall–Kier alpha value is -4.20. The molecule has 0 spiro atoms. The summed E-state index contributed by atoms with van der Waals surface area (Å²) in [5.74, 6) is 1.39.